The molecule has 1 saturated heterocycles. The molecule has 0 atom stereocenters. The third kappa shape index (κ3) is 3.36. The molecule has 0 aromatic heterocycles. The van der Waals surface area contributed by atoms with E-state index in [4.69, 9.17) is 4.74 Å². The van der Waals surface area contributed by atoms with Crippen molar-refractivity contribution < 1.29 is 17.9 Å². The maximum atomic E-state index is 12.4. The second kappa shape index (κ2) is 6.34. The fraction of sp³-hybridized carbons (Fsp3) is 0.462. The van der Waals surface area contributed by atoms with Crippen molar-refractivity contribution in [2.24, 2.45) is 0 Å². The zero-order valence-corrected chi connectivity index (χ0v) is 12.1. The number of hydrogen-bond acceptors (Lipinski definition) is 4. The highest BCUT2D eigenvalue weighted by Crippen LogP contribution is 2.14. The van der Waals surface area contributed by atoms with Gasteiger partial charge in [-0.2, -0.15) is 0 Å². The summed E-state index contributed by atoms with van der Waals surface area (Å²) in [5, 5.41) is 0. The van der Waals surface area contributed by atoms with Crippen molar-refractivity contribution >= 4 is 15.9 Å². The normalized spacial score (nSPS) is 16.8. The van der Waals surface area contributed by atoms with E-state index in [9.17, 15) is 13.2 Å². The Morgan fingerprint density at radius 1 is 1.30 bits per heavy atom. The molecule has 1 heterocycles. The Hall–Kier alpha value is -1.44. The van der Waals surface area contributed by atoms with E-state index in [0.717, 1.165) is 6.42 Å². The van der Waals surface area contributed by atoms with Crippen LogP contribution in [0.25, 0.3) is 0 Å². The summed E-state index contributed by atoms with van der Waals surface area (Å²) in [6.07, 6.45) is 0.792. The highest BCUT2D eigenvalue weighted by atomic mass is 32.2. The standard InChI is InChI=1S/C13H18N2O4S/c1-14-20(17,18)12-5-2-4-11(10-12)13(16)15-6-3-8-19-9-7-15/h2,4-5,10,14H,3,6-9H2,1H3. The van der Waals surface area contributed by atoms with E-state index < -0.39 is 10.0 Å². The molecule has 110 valence electrons. The van der Waals surface area contributed by atoms with E-state index in [1.54, 1.807) is 17.0 Å². The lowest BCUT2D eigenvalue weighted by Crippen LogP contribution is -2.33. The van der Waals surface area contributed by atoms with Crippen LogP contribution >= 0.6 is 0 Å². The first-order valence-electron chi connectivity index (χ1n) is 6.45. The van der Waals surface area contributed by atoms with Crippen LogP contribution < -0.4 is 4.72 Å². The average Bonchev–Trinajstić information content (AvgIpc) is 2.75. The first-order chi connectivity index (χ1) is 9.54. The number of amides is 1. The quantitative estimate of drug-likeness (QED) is 0.879. The molecule has 1 fully saturated rings. The minimum atomic E-state index is -3.54. The minimum absolute atomic E-state index is 0.0944. The molecular weight excluding hydrogens is 280 g/mol. The van der Waals surface area contributed by atoms with E-state index in [1.165, 1.54) is 19.2 Å². The van der Waals surface area contributed by atoms with Crippen molar-refractivity contribution in [3.8, 4) is 0 Å². The highest BCUT2D eigenvalue weighted by molar-refractivity contribution is 7.89. The van der Waals surface area contributed by atoms with Crippen molar-refractivity contribution in [3.63, 3.8) is 0 Å². The van der Waals surface area contributed by atoms with Crippen LogP contribution in [0, 0.1) is 0 Å². The van der Waals surface area contributed by atoms with Crippen LogP contribution in [0.2, 0.25) is 0 Å². The lowest BCUT2D eigenvalue weighted by molar-refractivity contribution is 0.0741. The topological polar surface area (TPSA) is 75.7 Å². The Kier molecular flexibility index (Phi) is 4.74. The number of carbonyl (C=O) groups is 1. The van der Waals surface area contributed by atoms with Crippen molar-refractivity contribution in [1.29, 1.82) is 0 Å². The largest absolute Gasteiger partial charge is 0.380 e. The van der Waals surface area contributed by atoms with Gasteiger partial charge in [-0.3, -0.25) is 4.79 Å². The van der Waals surface area contributed by atoms with E-state index in [0.29, 0.717) is 31.9 Å². The second-order valence-corrected chi connectivity index (χ2v) is 6.38. The van der Waals surface area contributed by atoms with Crippen LogP contribution in [0.15, 0.2) is 29.2 Å². The van der Waals surface area contributed by atoms with Gasteiger partial charge in [-0.05, 0) is 31.7 Å². The van der Waals surface area contributed by atoms with Gasteiger partial charge in [0.2, 0.25) is 10.0 Å². The maximum Gasteiger partial charge on any atom is 0.253 e. The average molecular weight is 298 g/mol. The number of nitrogens with one attached hydrogen (secondary N) is 1. The fourth-order valence-corrected chi connectivity index (χ4v) is 2.82. The van der Waals surface area contributed by atoms with Gasteiger partial charge >= 0.3 is 0 Å². The van der Waals surface area contributed by atoms with Crippen molar-refractivity contribution in [2.45, 2.75) is 11.3 Å². The predicted molar refractivity (Wildman–Crippen MR) is 74.0 cm³/mol. The molecule has 20 heavy (non-hydrogen) atoms. The first-order valence-corrected chi connectivity index (χ1v) is 7.93. The van der Waals surface area contributed by atoms with Gasteiger partial charge in [0.05, 0.1) is 11.5 Å². The SMILES string of the molecule is CNS(=O)(=O)c1cccc(C(=O)N2CCCOCC2)c1. The summed E-state index contributed by atoms with van der Waals surface area (Å²) in [6, 6.07) is 6.07. The molecule has 0 saturated carbocycles. The molecule has 1 amide bonds. The van der Waals surface area contributed by atoms with E-state index in [2.05, 4.69) is 4.72 Å². The third-order valence-corrected chi connectivity index (χ3v) is 4.58. The molecule has 0 unspecified atom stereocenters. The van der Waals surface area contributed by atoms with Gasteiger partial charge < -0.3 is 9.64 Å². The van der Waals surface area contributed by atoms with Gasteiger partial charge in [-0.1, -0.05) is 6.07 Å². The van der Waals surface area contributed by atoms with Crippen LogP contribution in [0.4, 0.5) is 0 Å². The van der Waals surface area contributed by atoms with E-state index >= 15 is 0 Å². The van der Waals surface area contributed by atoms with Gasteiger partial charge in [0.25, 0.3) is 5.91 Å². The van der Waals surface area contributed by atoms with Gasteiger partial charge in [0.15, 0.2) is 0 Å². The van der Waals surface area contributed by atoms with Crippen LogP contribution in [-0.2, 0) is 14.8 Å². The van der Waals surface area contributed by atoms with Gasteiger partial charge in [-0.15, -0.1) is 0 Å². The summed E-state index contributed by atoms with van der Waals surface area (Å²) in [5.74, 6) is -0.163. The Bertz CT molecular complexity index is 578. The van der Waals surface area contributed by atoms with E-state index in [-0.39, 0.29) is 10.8 Å². The summed E-state index contributed by atoms with van der Waals surface area (Å²) in [6.45, 7) is 2.32. The molecule has 0 spiro atoms. The van der Waals surface area contributed by atoms with Gasteiger partial charge in [0, 0.05) is 25.3 Å². The molecule has 1 N–H and O–H groups in total. The van der Waals surface area contributed by atoms with Crippen molar-refractivity contribution in [2.75, 3.05) is 33.4 Å². The zero-order valence-electron chi connectivity index (χ0n) is 11.3. The Labute approximate surface area is 118 Å². The Morgan fingerprint density at radius 2 is 2.10 bits per heavy atom. The highest BCUT2D eigenvalue weighted by Gasteiger charge is 2.19. The number of nitrogens with zero attached hydrogens (tertiary/aromatic N) is 1. The van der Waals surface area contributed by atoms with Crippen LogP contribution in [-0.4, -0.2) is 52.6 Å². The minimum Gasteiger partial charge on any atom is -0.380 e. The Balaban J connectivity index is 2.24. The smallest absolute Gasteiger partial charge is 0.253 e. The second-order valence-electron chi connectivity index (χ2n) is 4.49. The van der Waals surface area contributed by atoms with Gasteiger partial charge in [0.1, 0.15) is 0 Å². The maximum absolute atomic E-state index is 12.4. The number of benzene rings is 1. The molecule has 1 aromatic rings. The summed E-state index contributed by atoms with van der Waals surface area (Å²) >= 11 is 0. The van der Waals surface area contributed by atoms with Crippen molar-refractivity contribution in [3.05, 3.63) is 29.8 Å². The number of ether oxygens (including phenoxy) is 1. The molecule has 0 bridgehead atoms. The summed E-state index contributed by atoms with van der Waals surface area (Å²) in [5.41, 5.74) is 0.378. The van der Waals surface area contributed by atoms with Gasteiger partial charge in [-0.25, -0.2) is 13.1 Å². The molecule has 7 heteroatoms. The molecule has 6 nitrogen and oxygen atoms in total. The lowest BCUT2D eigenvalue weighted by Gasteiger charge is -2.19. The lowest BCUT2D eigenvalue weighted by atomic mass is 10.2. The molecule has 2 rings (SSSR count). The zero-order chi connectivity index (χ0) is 14.6. The van der Waals surface area contributed by atoms with Crippen molar-refractivity contribution in [1.82, 2.24) is 9.62 Å². The van der Waals surface area contributed by atoms with Crippen LogP contribution in [0.5, 0.6) is 0 Å². The predicted octanol–water partition coefficient (Wildman–Crippen LogP) is 0.457. The molecule has 0 aliphatic carbocycles. The summed E-state index contributed by atoms with van der Waals surface area (Å²) < 4.78 is 31.0. The van der Waals surface area contributed by atoms with Crippen LogP contribution in [0.3, 0.4) is 0 Å². The number of rotatable bonds is 3. The third-order valence-electron chi connectivity index (χ3n) is 3.17. The number of hydrogen-bond donors (Lipinski definition) is 1. The summed E-state index contributed by atoms with van der Waals surface area (Å²) in [4.78, 5) is 14.2. The number of sulfonamides is 1. The molecular formula is C13H18N2O4S. The number of carbonyl (C=O) groups excluding carboxylic acids is 1. The molecule has 1 aliphatic heterocycles. The molecule has 1 aliphatic rings. The Morgan fingerprint density at radius 3 is 2.85 bits per heavy atom. The fourth-order valence-electron chi connectivity index (χ4n) is 2.05. The monoisotopic (exact) mass is 298 g/mol. The van der Waals surface area contributed by atoms with Crippen LogP contribution in [0.1, 0.15) is 16.8 Å². The first kappa shape index (κ1) is 15.0. The molecule has 0 radical (unpaired) electrons. The van der Waals surface area contributed by atoms with E-state index in [1.807, 2.05) is 0 Å². The molecule has 1 aromatic carbocycles. The summed E-state index contributed by atoms with van der Waals surface area (Å²) in [7, 11) is -2.19.